The van der Waals surface area contributed by atoms with Crippen molar-refractivity contribution in [2.45, 2.75) is 30.7 Å². The number of carbonyl (C=O) groups is 2. The number of carbonyl (C=O) groups excluding carboxylic acids is 2. The van der Waals surface area contributed by atoms with Crippen LogP contribution in [-0.4, -0.2) is 16.9 Å². The van der Waals surface area contributed by atoms with Crippen LogP contribution in [0.1, 0.15) is 29.7 Å². The average molecular weight is 266 g/mol. The van der Waals surface area contributed by atoms with Crippen molar-refractivity contribution < 1.29 is 9.59 Å². The van der Waals surface area contributed by atoms with E-state index in [1.807, 2.05) is 6.07 Å². The highest BCUT2D eigenvalue weighted by Crippen LogP contribution is 2.37. The number of hydrogen-bond donors (Lipinski definition) is 2. The molecule has 1 aliphatic carbocycles. The van der Waals surface area contributed by atoms with Gasteiger partial charge in [0.15, 0.2) is 0 Å². The first-order valence-electron chi connectivity index (χ1n) is 5.83. The molecule has 1 aromatic rings. The van der Waals surface area contributed by atoms with Gasteiger partial charge in [-0.15, -0.1) is 11.6 Å². The number of fused-ring (bicyclic) bond motifs is 2. The van der Waals surface area contributed by atoms with Gasteiger partial charge in [-0.2, -0.15) is 0 Å². The maximum absolute atomic E-state index is 12.1. The van der Waals surface area contributed by atoms with E-state index in [1.165, 1.54) is 0 Å². The van der Waals surface area contributed by atoms with Crippen molar-refractivity contribution in [1.29, 1.82) is 0 Å². The fourth-order valence-corrected chi connectivity index (χ4v) is 2.88. The lowest BCUT2D eigenvalue weighted by atomic mass is 9.77. The molecule has 2 N–H and O–H groups in total. The Morgan fingerprint density at radius 1 is 1.44 bits per heavy atom. The normalized spacial score (nSPS) is 25.8. The van der Waals surface area contributed by atoms with Gasteiger partial charge in [0.05, 0.1) is 11.6 Å². The number of amides is 3. The number of aryl methyl sites for hydroxylation is 1. The molecule has 0 saturated carbocycles. The number of pyridine rings is 1. The van der Waals surface area contributed by atoms with Gasteiger partial charge in [-0.1, -0.05) is 0 Å². The molecule has 18 heavy (non-hydrogen) atoms. The molecular formula is C12H12ClN3O2. The first kappa shape index (κ1) is 11.5. The summed E-state index contributed by atoms with van der Waals surface area (Å²) in [6, 6.07) is 1.39. The molecule has 1 fully saturated rings. The van der Waals surface area contributed by atoms with Crippen LogP contribution in [0, 0.1) is 0 Å². The molecular weight excluding hydrogens is 254 g/mol. The van der Waals surface area contributed by atoms with E-state index in [4.69, 9.17) is 11.6 Å². The highest BCUT2D eigenvalue weighted by Gasteiger charge is 2.49. The zero-order valence-corrected chi connectivity index (χ0v) is 10.4. The van der Waals surface area contributed by atoms with Gasteiger partial charge in [0.25, 0.3) is 5.91 Å². The molecule has 2 heterocycles. The molecule has 3 rings (SSSR count). The smallest absolute Gasteiger partial charge is 0.319 e. The minimum absolute atomic E-state index is 0.278. The largest absolute Gasteiger partial charge is 0.322 e. The van der Waals surface area contributed by atoms with Gasteiger partial charge in [0.2, 0.25) is 0 Å². The molecule has 1 aliphatic heterocycles. The van der Waals surface area contributed by atoms with Crippen molar-refractivity contribution in [1.82, 2.24) is 15.6 Å². The summed E-state index contributed by atoms with van der Waals surface area (Å²) >= 11 is 5.78. The molecule has 1 saturated heterocycles. The topological polar surface area (TPSA) is 71.1 Å². The third-order valence-corrected chi connectivity index (χ3v) is 3.85. The predicted molar refractivity (Wildman–Crippen MR) is 65.1 cm³/mol. The summed E-state index contributed by atoms with van der Waals surface area (Å²) in [5, 5.41) is 5.07. The third-order valence-electron chi connectivity index (χ3n) is 3.58. The Morgan fingerprint density at radius 2 is 2.28 bits per heavy atom. The summed E-state index contributed by atoms with van der Waals surface area (Å²) < 4.78 is 0. The number of alkyl halides is 1. The molecule has 3 amide bonds. The summed E-state index contributed by atoms with van der Waals surface area (Å²) in [6.07, 6.45) is 4.09. The van der Waals surface area contributed by atoms with Crippen molar-refractivity contribution in [3.05, 3.63) is 29.1 Å². The van der Waals surface area contributed by atoms with Crippen LogP contribution < -0.4 is 10.6 Å². The second-order valence-electron chi connectivity index (χ2n) is 4.63. The lowest BCUT2D eigenvalue weighted by Gasteiger charge is -2.32. The maximum Gasteiger partial charge on any atom is 0.322 e. The Labute approximate surface area is 109 Å². The maximum atomic E-state index is 12.1. The summed E-state index contributed by atoms with van der Waals surface area (Å²) in [7, 11) is 0. The molecule has 6 heteroatoms. The number of nitrogens with one attached hydrogen (secondary N) is 2. The number of aromatic nitrogens is 1. The quantitative estimate of drug-likeness (QED) is 0.592. The van der Waals surface area contributed by atoms with Gasteiger partial charge >= 0.3 is 6.03 Å². The fraction of sp³-hybridized carbons (Fsp3) is 0.417. The van der Waals surface area contributed by atoms with Crippen LogP contribution >= 0.6 is 11.6 Å². The highest BCUT2D eigenvalue weighted by atomic mass is 35.5. The number of nitrogens with zero attached hydrogens (tertiary/aromatic N) is 1. The lowest BCUT2D eigenvalue weighted by molar-refractivity contribution is -0.124. The lowest BCUT2D eigenvalue weighted by Crippen LogP contribution is -2.46. The van der Waals surface area contributed by atoms with Crippen LogP contribution in [0.5, 0.6) is 0 Å². The van der Waals surface area contributed by atoms with E-state index in [2.05, 4.69) is 15.6 Å². The first-order chi connectivity index (χ1) is 8.65. The molecule has 1 unspecified atom stereocenters. The zero-order valence-electron chi connectivity index (χ0n) is 9.62. The van der Waals surface area contributed by atoms with Crippen molar-refractivity contribution in [3.63, 3.8) is 0 Å². The second kappa shape index (κ2) is 3.95. The second-order valence-corrected chi connectivity index (χ2v) is 4.90. The van der Waals surface area contributed by atoms with Crippen LogP contribution in [0.2, 0.25) is 0 Å². The Balaban J connectivity index is 2.16. The van der Waals surface area contributed by atoms with E-state index in [9.17, 15) is 9.59 Å². The van der Waals surface area contributed by atoms with Gasteiger partial charge in [-0.05, 0) is 36.5 Å². The molecule has 94 valence electrons. The van der Waals surface area contributed by atoms with Gasteiger partial charge in [0.1, 0.15) is 5.54 Å². The predicted octanol–water partition coefficient (Wildman–Crippen LogP) is 1.19. The summed E-state index contributed by atoms with van der Waals surface area (Å²) in [6.45, 7) is 0. The summed E-state index contributed by atoms with van der Waals surface area (Å²) in [5.74, 6) is 0.0130. The van der Waals surface area contributed by atoms with Gasteiger partial charge < -0.3 is 5.32 Å². The Hall–Kier alpha value is -1.62. The van der Waals surface area contributed by atoms with E-state index in [1.54, 1.807) is 6.20 Å². The fourth-order valence-electron chi connectivity index (χ4n) is 2.73. The third kappa shape index (κ3) is 1.50. The van der Waals surface area contributed by atoms with Gasteiger partial charge in [-0.3, -0.25) is 15.1 Å². The standard InChI is InChI=1S/C12H12ClN3O2/c13-5-8-4-9-7(6-14-8)2-1-3-12(9)10(17)15-11(18)16-12/h4,6H,1-3,5H2,(H2,15,16,17,18). The number of hydrogen-bond acceptors (Lipinski definition) is 3. The number of halogens is 1. The summed E-state index contributed by atoms with van der Waals surface area (Å²) in [5.41, 5.74) is 1.63. The van der Waals surface area contributed by atoms with Gasteiger partial charge in [0, 0.05) is 6.20 Å². The highest BCUT2D eigenvalue weighted by molar-refractivity contribution is 6.16. The summed E-state index contributed by atoms with van der Waals surface area (Å²) in [4.78, 5) is 27.7. The van der Waals surface area contributed by atoms with E-state index in [0.717, 1.165) is 24.0 Å². The van der Waals surface area contributed by atoms with Crippen LogP contribution in [-0.2, 0) is 22.6 Å². The number of urea groups is 1. The van der Waals surface area contributed by atoms with E-state index in [-0.39, 0.29) is 5.91 Å². The Morgan fingerprint density at radius 3 is 2.94 bits per heavy atom. The number of rotatable bonds is 1. The molecule has 1 aromatic heterocycles. The van der Waals surface area contributed by atoms with E-state index >= 15 is 0 Å². The molecule has 0 radical (unpaired) electrons. The molecule has 0 aromatic carbocycles. The average Bonchev–Trinajstić information content (AvgIpc) is 2.65. The van der Waals surface area contributed by atoms with Crippen LogP contribution in [0.4, 0.5) is 4.79 Å². The minimum atomic E-state index is -0.922. The molecule has 2 aliphatic rings. The van der Waals surface area contributed by atoms with E-state index in [0.29, 0.717) is 18.0 Å². The van der Waals surface area contributed by atoms with Gasteiger partial charge in [-0.25, -0.2) is 4.79 Å². The Bertz CT molecular complexity index is 546. The SMILES string of the molecule is O=C1NC(=O)C2(CCCc3cnc(CCl)cc32)N1. The molecule has 1 spiro atoms. The van der Waals surface area contributed by atoms with Crippen LogP contribution in [0.25, 0.3) is 0 Å². The monoisotopic (exact) mass is 265 g/mol. The van der Waals surface area contributed by atoms with Crippen LogP contribution in [0.3, 0.4) is 0 Å². The van der Waals surface area contributed by atoms with Crippen LogP contribution in [0.15, 0.2) is 12.3 Å². The van der Waals surface area contributed by atoms with E-state index < -0.39 is 11.6 Å². The molecule has 1 atom stereocenters. The van der Waals surface area contributed by atoms with Crippen molar-refractivity contribution in [3.8, 4) is 0 Å². The first-order valence-corrected chi connectivity index (χ1v) is 6.37. The molecule has 0 bridgehead atoms. The molecule has 5 nitrogen and oxygen atoms in total. The van der Waals surface area contributed by atoms with Crippen molar-refractivity contribution in [2.24, 2.45) is 0 Å². The van der Waals surface area contributed by atoms with Crippen molar-refractivity contribution >= 4 is 23.5 Å². The Kier molecular flexibility index (Phi) is 2.52. The minimum Gasteiger partial charge on any atom is -0.319 e. The number of imide groups is 1. The zero-order chi connectivity index (χ0) is 12.8. The van der Waals surface area contributed by atoms with Crippen molar-refractivity contribution in [2.75, 3.05) is 0 Å².